The Morgan fingerprint density at radius 3 is 2.04 bits per heavy atom. The van der Waals surface area contributed by atoms with Crippen LogP contribution in [0.25, 0.3) is 33.0 Å². The van der Waals surface area contributed by atoms with Crippen LogP contribution in [0.1, 0.15) is 44.2 Å². The van der Waals surface area contributed by atoms with Crippen molar-refractivity contribution in [1.82, 2.24) is 0 Å². The van der Waals surface area contributed by atoms with E-state index in [9.17, 15) is 0 Å². The summed E-state index contributed by atoms with van der Waals surface area (Å²) in [6, 6.07) is 35.5. The minimum absolute atomic E-state index is 0.795. The first-order valence-electron chi connectivity index (χ1n) is 16.6. The summed E-state index contributed by atoms with van der Waals surface area (Å²) in [6.07, 6.45) is 6.07. The van der Waals surface area contributed by atoms with Gasteiger partial charge in [-0.05, 0) is 18.4 Å². The van der Waals surface area contributed by atoms with E-state index in [-0.39, 0.29) is 0 Å². The first kappa shape index (κ1) is 37.4. The molecule has 0 unspecified atom stereocenters. The first-order valence-corrected chi connectivity index (χ1v) is 30.9. The van der Waals surface area contributed by atoms with Crippen LogP contribution in [0, 0.1) is 6.07 Å². The van der Waals surface area contributed by atoms with Crippen molar-refractivity contribution in [2.75, 3.05) is 0 Å². The fraction of sp³-hybridized carbons (Fsp3) is 0.325. The van der Waals surface area contributed by atoms with E-state index in [4.69, 9.17) is 17.0 Å². The van der Waals surface area contributed by atoms with Crippen LogP contribution in [-0.4, -0.2) is 25.7 Å². The standard InChI is InChI=1S/C28H41Si2.C12H7Si.2ClH.Zr/c1-9-11-13-21-16-23-15-14-22(12-10-2)28(27(23)17-21)24-18-25(29(3,4)5)20-26(19-24)30(6,7)8;1-3-7-11-9(5-1)10-6-2-4-8-12(10)13-11;;;/h14-20H,9-13H2,1-8H3;1-7H;2*1H;/q2*-1;;;+4/p-2. The van der Waals surface area contributed by atoms with Crippen LogP contribution in [0.5, 0.6) is 0 Å². The van der Waals surface area contributed by atoms with Gasteiger partial charge in [-0.1, -0.05) is 147 Å². The van der Waals surface area contributed by atoms with Gasteiger partial charge in [0, 0.05) is 0 Å². The molecule has 1 aliphatic rings. The molecule has 1 aliphatic heterocycles. The maximum atomic E-state index is 4.93. The fourth-order valence-electron chi connectivity index (χ4n) is 6.10. The zero-order valence-electron chi connectivity index (χ0n) is 28.9. The van der Waals surface area contributed by atoms with Gasteiger partial charge in [0.15, 0.2) is 0 Å². The molecule has 0 saturated heterocycles. The number of unbranched alkanes of at least 4 members (excludes halogenated alkanes) is 1. The molecular formula is C40H48Cl2Si3Zr. The molecule has 46 heavy (non-hydrogen) atoms. The Bertz CT molecular complexity index is 1670. The van der Waals surface area contributed by atoms with Gasteiger partial charge in [0.1, 0.15) is 0 Å². The van der Waals surface area contributed by atoms with Crippen molar-refractivity contribution < 1.29 is 20.8 Å². The third-order valence-electron chi connectivity index (χ3n) is 8.66. The minimum Gasteiger partial charge on any atom is -0.184 e. The average molecular weight is 775 g/mol. The Kier molecular flexibility index (Phi) is 13.7. The van der Waals surface area contributed by atoms with Crippen molar-refractivity contribution >= 4 is 74.2 Å². The van der Waals surface area contributed by atoms with E-state index in [1.165, 1.54) is 80.2 Å². The van der Waals surface area contributed by atoms with E-state index in [0.29, 0.717) is 0 Å². The summed E-state index contributed by atoms with van der Waals surface area (Å²) >= 11 is -0.826. The molecule has 0 spiro atoms. The summed E-state index contributed by atoms with van der Waals surface area (Å²) < 4.78 is 0. The number of hydrogen-bond donors (Lipinski definition) is 0. The zero-order valence-corrected chi connectivity index (χ0v) is 35.8. The quantitative estimate of drug-likeness (QED) is 0.107. The van der Waals surface area contributed by atoms with Gasteiger partial charge in [-0.2, -0.15) is 35.5 Å². The van der Waals surface area contributed by atoms with Gasteiger partial charge in [-0.25, -0.2) is 0 Å². The van der Waals surface area contributed by atoms with Gasteiger partial charge in [0.2, 0.25) is 0 Å². The monoisotopic (exact) mass is 772 g/mol. The summed E-state index contributed by atoms with van der Waals surface area (Å²) in [6.45, 7) is 19.5. The Morgan fingerprint density at radius 1 is 0.761 bits per heavy atom. The summed E-state index contributed by atoms with van der Waals surface area (Å²) in [5.74, 6) is 0. The molecule has 238 valence electrons. The summed E-state index contributed by atoms with van der Waals surface area (Å²) in [5, 5.41) is 8.93. The fourth-order valence-corrected chi connectivity index (χ4v) is 9.91. The van der Waals surface area contributed by atoms with E-state index in [2.05, 4.69) is 138 Å². The van der Waals surface area contributed by atoms with Crippen molar-refractivity contribution in [3.05, 3.63) is 102 Å². The summed E-state index contributed by atoms with van der Waals surface area (Å²) in [7, 11) is 7.86. The van der Waals surface area contributed by atoms with Crippen molar-refractivity contribution in [3.8, 4) is 22.3 Å². The molecule has 0 saturated carbocycles. The predicted molar refractivity (Wildman–Crippen MR) is 211 cm³/mol. The van der Waals surface area contributed by atoms with E-state index in [0.717, 1.165) is 15.9 Å². The van der Waals surface area contributed by atoms with Crippen molar-refractivity contribution in [1.29, 1.82) is 0 Å². The van der Waals surface area contributed by atoms with Gasteiger partial charge >= 0.3 is 37.9 Å². The number of rotatable bonds is 8. The van der Waals surface area contributed by atoms with Crippen molar-refractivity contribution in [2.24, 2.45) is 0 Å². The molecule has 6 rings (SSSR count). The number of halogens is 2. The zero-order chi connectivity index (χ0) is 33.5. The molecule has 2 radical (unpaired) electrons. The third-order valence-corrected chi connectivity index (χ3v) is 14.1. The van der Waals surface area contributed by atoms with E-state index in [1.807, 2.05) is 6.07 Å². The van der Waals surface area contributed by atoms with Crippen LogP contribution < -0.4 is 20.7 Å². The molecule has 0 amide bonds. The second-order valence-electron chi connectivity index (χ2n) is 14.3. The van der Waals surface area contributed by atoms with Crippen LogP contribution in [0.15, 0.2) is 84.9 Å². The molecule has 0 N–H and O–H groups in total. The van der Waals surface area contributed by atoms with E-state index < -0.39 is 37.0 Å². The van der Waals surface area contributed by atoms with Crippen LogP contribution >= 0.6 is 17.0 Å². The van der Waals surface area contributed by atoms with Gasteiger partial charge in [0.05, 0.1) is 25.7 Å². The maximum Gasteiger partial charge on any atom is 0.0920 e. The molecule has 0 aromatic heterocycles. The molecule has 6 heteroatoms. The molecule has 1 heterocycles. The maximum absolute atomic E-state index is 4.93. The second kappa shape index (κ2) is 16.8. The Hall–Kier alpha value is -1.40. The van der Waals surface area contributed by atoms with Crippen LogP contribution in [0.4, 0.5) is 0 Å². The summed E-state index contributed by atoms with van der Waals surface area (Å²) in [4.78, 5) is 0. The summed E-state index contributed by atoms with van der Waals surface area (Å²) in [5.41, 5.74) is 8.77. The smallest absolute Gasteiger partial charge is 0.0920 e. The number of benzene rings is 4. The van der Waals surface area contributed by atoms with Crippen molar-refractivity contribution in [3.63, 3.8) is 0 Å². The number of hydrogen-bond acceptors (Lipinski definition) is 0. The topological polar surface area (TPSA) is 0 Å². The Balaban J connectivity index is 0.000000245. The normalized spacial score (nSPS) is 12.0. The molecule has 0 nitrogen and oxygen atoms in total. The molecule has 0 atom stereocenters. The first-order chi connectivity index (χ1) is 21.9. The third kappa shape index (κ3) is 9.39. The number of fused-ring (bicyclic) bond motifs is 4. The molecule has 0 fully saturated rings. The van der Waals surface area contributed by atoms with Gasteiger partial charge in [-0.15, -0.1) is 40.1 Å². The van der Waals surface area contributed by atoms with Gasteiger partial charge in [-0.3, -0.25) is 0 Å². The Labute approximate surface area is 302 Å². The van der Waals surface area contributed by atoms with Crippen molar-refractivity contribution in [2.45, 2.75) is 85.2 Å². The molecule has 5 aromatic carbocycles. The molecule has 0 bridgehead atoms. The average Bonchev–Trinajstić information content (AvgIpc) is 3.61. The van der Waals surface area contributed by atoms with Gasteiger partial charge < -0.3 is 0 Å². The minimum atomic E-state index is -1.40. The predicted octanol–water partition coefficient (Wildman–Crippen LogP) is 10.1. The van der Waals surface area contributed by atoms with E-state index >= 15 is 0 Å². The van der Waals surface area contributed by atoms with Crippen LogP contribution in [-0.2, 0) is 33.7 Å². The SMILES string of the molecule is CCCCc1cc2c(-c3cc([Si](C)(C)C)cc([Si](C)(C)C)c3)c(CCC)ccc2[cH-]1.[Cl][Zr+2][Cl].[c-]1cccc2c1[Si]c1ccccc1-2. The molecule has 0 aliphatic carbocycles. The number of aryl methyl sites for hydroxylation is 2. The second-order valence-corrected chi connectivity index (χ2v) is 29.5. The molecule has 5 aromatic rings. The van der Waals surface area contributed by atoms with Crippen LogP contribution in [0.2, 0.25) is 39.3 Å². The van der Waals surface area contributed by atoms with Crippen LogP contribution in [0.3, 0.4) is 0 Å². The largest absolute Gasteiger partial charge is 0.184 e. The Morgan fingerprint density at radius 2 is 1.41 bits per heavy atom. The molecular weight excluding hydrogens is 727 g/mol. The van der Waals surface area contributed by atoms with E-state index in [1.54, 1.807) is 10.4 Å². The van der Waals surface area contributed by atoms with Gasteiger partial charge in [0.25, 0.3) is 0 Å².